The van der Waals surface area contributed by atoms with Crippen LogP contribution in [-0.2, 0) is 0 Å². The number of aromatic nitrogens is 4. The number of nitrogens with one attached hydrogen (secondary N) is 2. The van der Waals surface area contributed by atoms with Crippen LogP contribution in [0.4, 0.5) is 0 Å². The van der Waals surface area contributed by atoms with E-state index >= 15 is 0 Å². The molecule has 0 bridgehead atoms. The van der Waals surface area contributed by atoms with Gasteiger partial charge in [-0.25, -0.2) is 0 Å². The van der Waals surface area contributed by atoms with Gasteiger partial charge >= 0.3 is 0 Å². The minimum absolute atomic E-state index is 0. The van der Waals surface area contributed by atoms with E-state index < -0.39 is 0 Å². The number of para-hydroxylation sites is 6. The van der Waals surface area contributed by atoms with Gasteiger partial charge in [0.05, 0.1) is 27.6 Å². The lowest BCUT2D eigenvalue weighted by Crippen LogP contribution is -1.95. The third kappa shape index (κ3) is 6.23. The van der Waals surface area contributed by atoms with Crippen LogP contribution in [0.2, 0.25) is 0 Å². The van der Waals surface area contributed by atoms with Crippen LogP contribution in [-0.4, -0.2) is 27.5 Å². The summed E-state index contributed by atoms with van der Waals surface area (Å²) >= 11 is 2.28. The number of fused-ring (bicyclic) bond motifs is 14. The summed E-state index contributed by atoms with van der Waals surface area (Å²) < 4.78 is 6.10. The molecule has 4 nitrogen and oxygen atoms in total. The van der Waals surface area contributed by atoms with E-state index in [4.69, 9.17) is 0 Å². The number of hydrogen-bond donors (Lipinski definition) is 2. The molecule has 6 heteroatoms. The molecule has 0 aliphatic carbocycles. The standard InChI is InChI=1S/C30H20N2.C18H12N2.C6H5I.B/c1-3-11-21(12-4-1)31-27-18-10-8-16-25(27)29-28(31)20-19-24-23-15-7-9-17-26(23)32(30(24)29)22-13-5-2-6-14-22;1-3-7-14-11(5-1)12-9-10-16-17(18(12)20-14)13-6-2-4-8-15(13)19-16;7-6-4-2-1-3-5-6;/h1-20H;1-10,19-20H;1-5H;. The molecule has 0 amide bonds. The van der Waals surface area contributed by atoms with Crippen molar-refractivity contribution in [3.05, 3.63) is 216 Å². The van der Waals surface area contributed by atoms with E-state index in [-0.39, 0.29) is 8.41 Å². The second-order valence-corrected chi connectivity index (χ2v) is 16.0. The first-order valence-electron chi connectivity index (χ1n) is 19.9. The molecule has 0 aliphatic rings. The highest BCUT2D eigenvalue weighted by Gasteiger charge is 2.20. The fourth-order valence-electron chi connectivity index (χ4n) is 8.88. The Morgan fingerprint density at radius 2 is 0.817 bits per heavy atom. The van der Waals surface area contributed by atoms with Gasteiger partial charge in [0.25, 0.3) is 0 Å². The quantitative estimate of drug-likeness (QED) is 0.128. The van der Waals surface area contributed by atoms with Crippen LogP contribution in [0.5, 0.6) is 0 Å². The van der Waals surface area contributed by atoms with E-state index in [0.29, 0.717) is 0 Å². The molecule has 60 heavy (non-hydrogen) atoms. The Morgan fingerprint density at radius 1 is 0.317 bits per heavy atom. The largest absolute Gasteiger partial charge is 0.354 e. The number of nitrogens with zero attached hydrogens (tertiary/aromatic N) is 2. The highest BCUT2D eigenvalue weighted by Crippen LogP contribution is 2.42. The van der Waals surface area contributed by atoms with Crippen molar-refractivity contribution in [2.24, 2.45) is 0 Å². The van der Waals surface area contributed by atoms with E-state index in [9.17, 15) is 0 Å². The molecule has 283 valence electrons. The second-order valence-electron chi connectivity index (χ2n) is 14.8. The van der Waals surface area contributed by atoms with Gasteiger partial charge in [-0.2, -0.15) is 0 Å². The SMILES string of the molecule is Ic1ccccc1.[B].c1ccc(-n2c3ccccc3c3c2ccc2c4ccccc4n(-c4ccccc4)c23)cc1.c1ccc2c(c1)[nH]c1c2ccc2[nH]c3ccccc3c21. The summed E-state index contributed by atoms with van der Waals surface area (Å²) in [4.78, 5) is 7.07. The minimum atomic E-state index is 0. The van der Waals surface area contributed by atoms with Crippen LogP contribution in [0.3, 0.4) is 0 Å². The molecule has 4 aromatic heterocycles. The fourth-order valence-corrected chi connectivity index (χ4v) is 9.30. The summed E-state index contributed by atoms with van der Waals surface area (Å²) in [6.45, 7) is 0. The van der Waals surface area contributed by atoms with Gasteiger partial charge in [-0.1, -0.05) is 140 Å². The van der Waals surface area contributed by atoms with E-state index in [1.54, 1.807) is 0 Å². The third-order valence-electron chi connectivity index (χ3n) is 11.4. The van der Waals surface area contributed by atoms with Crippen molar-refractivity contribution in [3.63, 3.8) is 0 Å². The highest BCUT2D eigenvalue weighted by molar-refractivity contribution is 14.1. The Hall–Kier alpha value is -7.03. The average molecular weight is 880 g/mol. The van der Waals surface area contributed by atoms with Gasteiger partial charge in [-0.05, 0) is 95.4 Å². The number of H-pyrrole nitrogens is 2. The Labute approximate surface area is 362 Å². The zero-order valence-electron chi connectivity index (χ0n) is 32.6. The van der Waals surface area contributed by atoms with Crippen molar-refractivity contribution < 1.29 is 0 Å². The summed E-state index contributed by atoms with van der Waals surface area (Å²) in [6.07, 6.45) is 0. The molecular formula is C54H37BIN4. The lowest BCUT2D eigenvalue weighted by Gasteiger charge is -2.09. The van der Waals surface area contributed by atoms with E-state index in [0.717, 1.165) is 0 Å². The van der Waals surface area contributed by atoms with Crippen LogP contribution in [0.25, 0.3) is 98.6 Å². The van der Waals surface area contributed by atoms with Crippen molar-refractivity contribution in [2.75, 3.05) is 0 Å². The first kappa shape index (κ1) is 37.3. The molecule has 0 fully saturated rings. The Kier molecular flexibility index (Phi) is 9.70. The zero-order chi connectivity index (χ0) is 39.3. The van der Waals surface area contributed by atoms with E-state index in [1.807, 2.05) is 18.2 Å². The van der Waals surface area contributed by atoms with Crippen molar-refractivity contribution in [3.8, 4) is 11.4 Å². The lowest BCUT2D eigenvalue weighted by atomic mass is 10.1. The van der Waals surface area contributed by atoms with E-state index in [1.165, 1.54) is 102 Å². The van der Waals surface area contributed by atoms with Gasteiger partial charge in [0, 0.05) is 83.0 Å². The lowest BCUT2D eigenvalue weighted by molar-refractivity contribution is 1.17. The predicted octanol–water partition coefficient (Wildman–Crippen LogP) is 14.7. The average Bonchev–Trinajstić information content (AvgIpc) is 4.05. The van der Waals surface area contributed by atoms with Gasteiger partial charge < -0.3 is 19.1 Å². The Bertz CT molecular complexity index is 3620. The van der Waals surface area contributed by atoms with Gasteiger partial charge in [0.1, 0.15) is 0 Å². The molecule has 3 radical (unpaired) electrons. The van der Waals surface area contributed by atoms with Crippen molar-refractivity contribution >= 4 is 118 Å². The van der Waals surface area contributed by atoms with Crippen LogP contribution >= 0.6 is 22.6 Å². The smallest absolute Gasteiger partial charge is 0.0641 e. The number of halogens is 1. The number of rotatable bonds is 2. The summed E-state index contributed by atoms with van der Waals surface area (Å²) in [7, 11) is 0. The fraction of sp³-hybridized carbons (Fsp3) is 0. The third-order valence-corrected chi connectivity index (χ3v) is 12.1. The predicted molar refractivity (Wildman–Crippen MR) is 265 cm³/mol. The Balaban J connectivity index is 0.000000131. The molecule has 0 spiro atoms. The molecule has 0 saturated heterocycles. The van der Waals surface area contributed by atoms with Crippen molar-refractivity contribution in [1.82, 2.24) is 19.1 Å². The maximum atomic E-state index is 3.58. The van der Waals surface area contributed by atoms with Crippen LogP contribution < -0.4 is 0 Å². The summed E-state index contributed by atoms with van der Waals surface area (Å²) in [5, 5.41) is 10.3. The van der Waals surface area contributed by atoms with Crippen LogP contribution in [0, 0.1) is 3.57 Å². The number of benzene rings is 9. The molecule has 0 aliphatic heterocycles. The molecule has 0 atom stereocenters. The Morgan fingerprint density at radius 3 is 1.47 bits per heavy atom. The van der Waals surface area contributed by atoms with Gasteiger partial charge in [0.15, 0.2) is 0 Å². The molecule has 13 rings (SSSR count). The zero-order valence-corrected chi connectivity index (χ0v) is 34.7. The molecule has 2 N–H and O–H groups in total. The van der Waals surface area contributed by atoms with Gasteiger partial charge in [-0.15, -0.1) is 0 Å². The summed E-state index contributed by atoms with van der Waals surface area (Å²) in [6, 6.07) is 74.9. The first-order valence-corrected chi connectivity index (χ1v) is 21.0. The topological polar surface area (TPSA) is 41.4 Å². The van der Waals surface area contributed by atoms with Crippen molar-refractivity contribution in [1.29, 1.82) is 0 Å². The molecule has 0 saturated carbocycles. The summed E-state index contributed by atoms with van der Waals surface area (Å²) in [5.41, 5.74) is 12.1. The van der Waals surface area contributed by atoms with Gasteiger partial charge in [0.2, 0.25) is 0 Å². The highest BCUT2D eigenvalue weighted by atomic mass is 127. The minimum Gasteiger partial charge on any atom is -0.354 e. The maximum Gasteiger partial charge on any atom is 0.0641 e. The number of aromatic amines is 2. The van der Waals surface area contributed by atoms with E-state index in [2.05, 4.69) is 236 Å². The molecule has 13 aromatic rings. The molecule has 9 aromatic carbocycles. The normalized spacial score (nSPS) is 11.3. The first-order chi connectivity index (χ1) is 29.2. The van der Waals surface area contributed by atoms with Crippen LogP contribution in [0.1, 0.15) is 0 Å². The second kappa shape index (κ2) is 15.6. The van der Waals surface area contributed by atoms with Crippen LogP contribution in [0.15, 0.2) is 212 Å². The van der Waals surface area contributed by atoms with Gasteiger partial charge in [-0.3, -0.25) is 0 Å². The summed E-state index contributed by atoms with van der Waals surface area (Å²) in [5.74, 6) is 0. The van der Waals surface area contributed by atoms with Crippen molar-refractivity contribution in [2.45, 2.75) is 0 Å². The monoisotopic (exact) mass is 879 g/mol. The molecular weight excluding hydrogens is 842 g/mol. The molecule has 4 heterocycles. The molecule has 0 unspecified atom stereocenters. The maximum absolute atomic E-state index is 3.58. The number of hydrogen-bond acceptors (Lipinski definition) is 0.